The van der Waals surface area contributed by atoms with Crippen LogP contribution in [0.25, 0.3) is 5.57 Å². The average Bonchev–Trinajstić information content (AvgIpc) is 2.97. The van der Waals surface area contributed by atoms with Crippen molar-refractivity contribution in [1.29, 1.82) is 0 Å². The first-order valence-electron chi connectivity index (χ1n) is 7.78. The molecule has 0 saturated heterocycles. The second-order valence-corrected chi connectivity index (χ2v) is 9.72. The van der Waals surface area contributed by atoms with Gasteiger partial charge in [-0.05, 0) is 0 Å². The van der Waals surface area contributed by atoms with E-state index in [9.17, 15) is 4.79 Å². The quantitative estimate of drug-likeness (QED) is 0.560. The van der Waals surface area contributed by atoms with E-state index in [2.05, 4.69) is 56.7 Å². The van der Waals surface area contributed by atoms with Crippen LogP contribution >= 0.6 is 0 Å². The Kier molecular flexibility index (Phi) is 9.27. The van der Waals surface area contributed by atoms with Gasteiger partial charge in [0, 0.05) is 0 Å². The van der Waals surface area contributed by atoms with E-state index in [1.807, 2.05) is 0 Å². The van der Waals surface area contributed by atoms with Crippen molar-refractivity contribution in [3.8, 4) is 0 Å². The van der Waals surface area contributed by atoms with Crippen molar-refractivity contribution in [2.75, 3.05) is 0 Å². The zero-order valence-electron chi connectivity index (χ0n) is 15.1. The van der Waals surface area contributed by atoms with Crippen molar-refractivity contribution in [2.24, 2.45) is 0 Å². The summed E-state index contributed by atoms with van der Waals surface area (Å²) in [7, 11) is -0.915. The predicted molar refractivity (Wildman–Crippen MR) is 92.4 cm³/mol. The number of amides is 1. The topological polar surface area (TPSA) is 29.1 Å². The van der Waals surface area contributed by atoms with E-state index in [0.717, 1.165) is 17.5 Å². The van der Waals surface area contributed by atoms with Crippen molar-refractivity contribution in [1.82, 2.24) is 3.80 Å². The number of halogens is 2. The van der Waals surface area contributed by atoms with Gasteiger partial charge >= 0.3 is 148 Å². The molecule has 0 fully saturated rings. The Labute approximate surface area is 171 Å². The van der Waals surface area contributed by atoms with Gasteiger partial charge in [0.1, 0.15) is 0 Å². The molecule has 0 atom stereocenters. The molecule has 2 nitrogen and oxygen atoms in total. The van der Waals surface area contributed by atoms with Gasteiger partial charge in [-0.1, -0.05) is 0 Å². The summed E-state index contributed by atoms with van der Waals surface area (Å²) < 4.78 is 2.83. The predicted octanol–water partition coefficient (Wildman–Crippen LogP) is -2.14. The Balaban J connectivity index is 0.00000264. The fraction of sp³-hybridized carbons (Fsp3) is 0.389. The monoisotopic (exact) mass is 416 g/mol. The van der Waals surface area contributed by atoms with Gasteiger partial charge in [0.15, 0.2) is 0 Å². The van der Waals surface area contributed by atoms with E-state index < -0.39 is 8.80 Å². The van der Waals surface area contributed by atoms with Gasteiger partial charge in [-0.15, -0.1) is 0 Å². The number of nitrogens with one attached hydrogen (secondary N) is 1. The minimum Gasteiger partial charge on any atom is -1.00 e. The third kappa shape index (κ3) is 4.08. The molecule has 24 heavy (non-hydrogen) atoms. The van der Waals surface area contributed by atoms with Crippen molar-refractivity contribution < 1.29 is 50.3 Å². The second kappa shape index (κ2) is 9.40. The molecule has 1 aliphatic rings. The summed E-state index contributed by atoms with van der Waals surface area (Å²) in [6, 6.07) is 0. The summed E-state index contributed by atoms with van der Waals surface area (Å²) in [6.45, 7) is 13.2. The molecule has 1 aromatic carbocycles. The minimum atomic E-state index is -0.915. The first kappa shape index (κ1) is 23.7. The third-order valence-corrected chi connectivity index (χ3v) is 7.06. The van der Waals surface area contributed by atoms with E-state index >= 15 is 0 Å². The van der Waals surface area contributed by atoms with Gasteiger partial charge in [0.25, 0.3) is 0 Å². The first-order valence-corrected chi connectivity index (χ1v) is 11.4. The van der Waals surface area contributed by atoms with Crippen LogP contribution in [0.15, 0.2) is 17.3 Å². The Morgan fingerprint density at radius 2 is 1.58 bits per heavy atom. The van der Waals surface area contributed by atoms with Crippen molar-refractivity contribution in [3.05, 3.63) is 50.7 Å². The molecular formula is C18H24Cl2NOSiTi. The minimum absolute atomic E-state index is 0. The number of carbonyl (C=O) groups is 1. The standard InChI is InChI=1S/C18H25NOSi.2ClH.Ti/c1-10-11(2)13(4)17(18(19)20)16(12(10)3)14-8-7-9-15(14)21(5)6;;;/h7,9,21H,8H2,1-6H3,(H2,19,20);2*1H;/q;;;+3/p-3. The maximum absolute atomic E-state index is 12.6. The number of rotatable bonds is 3. The van der Waals surface area contributed by atoms with Gasteiger partial charge in [-0.3, -0.25) is 0 Å². The van der Waals surface area contributed by atoms with Gasteiger partial charge in [0.05, 0.1) is 0 Å². The summed E-state index contributed by atoms with van der Waals surface area (Å²) in [5, 5.41) is 1.50. The van der Waals surface area contributed by atoms with Crippen LogP contribution in [0.4, 0.5) is 0 Å². The van der Waals surface area contributed by atoms with Crippen LogP contribution < -0.4 is 28.6 Å². The van der Waals surface area contributed by atoms with Crippen molar-refractivity contribution >= 4 is 20.3 Å². The van der Waals surface area contributed by atoms with E-state index in [0.29, 0.717) is 0 Å². The Morgan fingerprint density at radius 1 is 1.04 bits per heavy atom. The molecule has 1 N–H and O–H groups in total. The first-order chi connectivity index (χ1) is 10.3. The van der Waals surface area contributed by atoms with Crippen LogP contribution in [-0.4, -0.2) is 14.7 Å². The summed E-state index contributed by atoms with van der Waals surface area (Å²) in [5.41, 5.74) is 8.34. The Hall–Kier alpha value is -0.319. The van der Waals surface area contributed by atoms with E-state index in [4.69, 9.17) is 0 Å². The number of benzene rings is 1. The molecule has 0 aromatic heterocycles. The molecule has 6 heteroatoms. The summed E-state index contributed by atoms with van der Waals surface area (Å²) >= 11 is 1.72. The molecule has 1 amide bonds. The molecule has 0 unspecified atom stereocenters. The molecule has 2 rings (SSSR count). The van der Waals surface area contributed by atoms with Gasteiger partial charge < -0.3 is 24.8 Å². The number of allylic oxidation sites excluding steroid dienone is 4. The largest absolute Gasteiger partial charge is 1.00 e. The van der Waals surface area contributed by atoms with Crippen LogP contribution in [0.3, 0.4) is 0 Å². The van der Waals surface area contributed by atoms with E-state index in [-0.39, 0.29) is 30.7 Å². The van der Waals surface area contributed by atoms with Crippen LogP contribution in [-0.2, 0) is 20.7 Å². The van der Waals surface area contributed by atoms with Crippen molar-refractivity contribution in [3.63, 3.8) is 0 Å². The van der Waals surface area contributed by atoms with Crippen LogP contribution in [0.5, 0.6) is 0 Å². The maximum Gasteiger partial charge on any atom is -1.00 e. The Bertz CT molecular complexity index is 712. The SMILES string of the molecule is Cc1c(C)c(C)c(C2=C([SiH](C)C)C=CC2)c(C(=O)[NH][Ti+2])c1C.[Cl-].[Cl-]. The zero-order valence-corrected chi connectivity index (χ0v) is 19.3. The number of carbonyl (C=O) groups excluding carboxylic acids is 1. The summed E-state index contributed by atoms with van der Waals surface area (Å²) in [4.78, 5) is 12.6. The second-order valence-electron chi connectivity index (χ2n) is 6.40. The summed E-state index contributed by atoms with van der Waals surface area (Å²) in [5.74, 6) is 0.0304. The zero-order chi connectivity index (χ0) is 16.6. The van der Waals surface area contributed by atoms with Crippen LogP contribution in [0.2, 0.25) is 13.1 Å². The van der Waals surface area contributed by atoms with Crippen molar-refractivity contribution in [2.45, 2.75) is 47.2 Å². The fourth-order valence-corrected chi connectivity index (χ4v) is 5.02. The Morgan fingerprint density at radius 3 is 2.08 bits per heavy atom. The molecule has 0 radical (unpaired) electrons. The molecule has 0 saturated carbocycles. The normalized spacial score (nSPS) is 13.0. The molecule has 129 valence electrons. The molecule has 1 aliphatic carbocycles. The number of hydrogen-bond acceptors (Lipinski definition) is 1. The fourth-order valence-electron chi connectivity index (χ4n) is 3.35. The van der Waals surface area contributed by atoms with E-state index in [1.165, 1.54) is 33.0 Å². The van der Waals surface area contributed by atoms with Gasteiger partial charge in [0.2, 0.25) is 0 Å². The molecule has 0 bridgehead atoms. The smallest absolute Gasteiger partial charge is 1.00 e. The van der Waals surface area contributed by atoms with Crippen LogP contribution in [0.1, 0.15) is 44.6 Å². The van der Waals surface area contributed by atoms with E-state index in [1.54, 1.807) is 20.7 Å². The third-order valence-electron chi connectivity index (χ3n) is 4.92. The van der Waals surface area contributed by atoms with Gasteiger partial charge in [-0.25, -0.2) is 0 Å². The maximum atomic E-state index is 12.6. The molecule has 1 aromatic rings. The van der Waals surface area contributed by atoms with Gasteiger partial charge in [-0.2, -0.15) is 0 Å². The summed E-state index contributed by atoms with van der Waals surface area (Å²) in [6.07, 6.45) is 5.48. The molecular weight excluding hydrogens is 393 g/mol. The molecule has 0 heterocycles. The number of hydrogen-bond donors (Lipinski definition) is 1. The molecule has 0 aliphatic heterocycles. The average molecular weight is 417 g/mol. The molecule has 0 spiro atoms. The van der Waals surface area contributed by atoms with Crippen LogP contribution in [0, 0.1) is 27.7 Å².